The molecular formula is C7H16NNaO6. The number of carbonyl (C=O) groups is 1. The summed E-state index contributed by atoms with van der Waals surface area (Å²) >= 11 is 0. The second-order valence-electron chi connectivity index (χ2n) is 2.83. The first-order valence-corrected chi connectivity index (χ1v) is 3.83. The third kappa shape index (κ3) is 12.2. The van der Waals surface area contributed by atoms with E-state index >= 15 is 0 Å². The summed E-state index contributed by atoms with van der Waals surface area (Å²) in [5.41, 5.74) is 3.94. The number of hydrogen-bond donors (Lipinski definition) is 5. The Morgan fingerprint density at radius 1 is 1.33 bits per heavy atom. The van der Waals surface area contributed by atoms with E-state index in [1.165, 1.54) is 0 Å². The van der Waals surface area contributed by atoms with Crippen molar-refractivity contribution in [2.24, 2.45) is 5.73 Å². The van der Waals surface area contributed by atoms with Gasteiger partial charge in [0.25, 0.3) is 0 Å². The Bertz CT molecular complexity index is 153. The third-order valence-electron chi connectivity index (χ3n) is 1.29. The van der Waals surface area contributed by atoms with Gasteiger partial charge in [0.1, 0.15) is 0 Å². The zero-order valence-corrected chi connectivity index (χ0v) is 10.9. The Labute approximate surface area is 110 Å². The maximum Gasteiger partial charge on any atom is 1.00 e. The molecule has 0 fully saturated rings. The fourth-order valence-electron chi connectivity index (χ4n) is 0.150. The number of rotatable bonds is 4. The van der Waals surface area contributed by atoms with Gasteiger partial charge in [0.2, 0.25) is 0 Å². The van der Waals surface area contributed by atoms with Crippen molar-refractivity contribution in [3.05, 3.63) is 0 Å². The van der Waals surface area contributed by atoms with Gasteiger partial charge in [-0.05, 0) is 6.92 Å². The van der Waals surface area contributed by atoms with Crippen molar-refractivity contribution in [3.63, 3.8) is 0 Å². The van der Waals surface area contributed by atoms with Gasteiger partial charge in [-0.2, -0.15) is 0 Å². The molecule has 0 heterocycles. The van der Waals surface area contributed by atoms with Crippen LogP contribution in [0.25, 0.3) is 0 Å². The van der Waals surface area contributed by atoms with Crippen LogP contribution in [0.3, 0.4) is 0 Å². The second kappa shape index (κ2) is 10.8. The average Bonchev–Trinajstić information content (AvgIpc) is 2.17. The van der Waals surface area contributed by atoms with E-state index in [-0.39, 0.29) is 29.6 Å². The molecule has 0 aliphatic heterocycles. The summed E-state index contributed by atoms with van der Waals surface area (Å²) < 4.78 is 0. The molecule has 6 N–H and O–H groups in total. The summed E-state index contributed by atoms with van der Waals surface area (Å²) in [5, 5.41) is 42.3. The van der Waals surface area contributed by atoms with E-state index in [1.807, 2.05) is 0 Å². The number of hydrogen-bond acceptors (Lipinski definition) is 7. The molecule has 86 valence electrons. The van der Waals surface area contributed by atoms with Gasteiger partial charge < -0.3 is 36.1 Å². The van der Waals surface area contributed by atoms with Crippen LogP contribution in [0.4, 0.5) is 0 Å². The van der Waals surface area contributed by atoms with E-state index in [0.717, 1.165) is 6.92 Å². The molecule has 7 nitrogen and oxygen atoms in total. The van der Waals surface area contributed by atoms with Gasteiger partial charge in [0, 0.05) is 0 Å². The molecule has 0 bridgehead atoms. The van der Waals surface area contributed by atoms with Crippen molar-refractivity contribution in [3.8, 4) is 0 Å². The molecular weight excluding hydrogens is 217 g/mol. The molecule has 15 heavy (non-hydrogen) atoms. The molecule has 0 aliphatic carbocycles. The largest absolute Gasteiger partial charge is 1.00 e. The molecule has 1 atom stereocenters. The van der Waals surface area contributed by atoms with Gasteiger partial charge >= 0.3 is 29.6 Å². The number of carboxylic acids is 1. The summed E-state index contributed by atoms with van der Waals surface area (Å²) in [6.07, 6.45) is -1.34. The van der Waals surface area contributed by atoms with Crippen molar-refractivity contribution in [2.75, 3.05) is 19.8 Å². The Morgan fingerprint density at radius 2 is 1.53 bits per heavy atom. The van der Waals surface area contributed by atoms with Crippen molar-refractivity contribution in [1.29, 1.82) is 0 Å². The first-order chi connectivity index (χ1) is 6.32. The molecule has 8 heteroatoms. The molecule has 0 aliphatic rings. The minimum atomic E-state index is -1.44. The first-order valence-electron chi connectivity index (χ1n) is 3.83. The molecule has 0 saturated carbocycles. The van der Waals surface area contributed by atoms with Gasteiger partial charge in [0.05, 0.1) is 37.4 Å². The summed E-state index contributed by atoms with van der Waals surface area (Å²) in [4.78, 5) is 9.34. The molecule has 0 spiro atoms. The van der Waals surface area contributed by atoms with Crippen LogP contribution < -0.4 is 40.4 Å². The predicted molar refractivity (Wildman–Crippen MR) is 44.9 cm³/mol. The third-order valence-corrected chi connectivity index (χ3v) is 1.29. The van der Waals surface area contributed by atoms with E-state index in [0.29, 0.717) is 0 Å². The smallest absolute Gasteiger partial charge is 0.547 e. The molecule has 0 saturated heterocycles. The van der Waals surface area contributed by atoms with E-state index in [1.54, 1.807) is 0 Å². The van der Waals surface area contributed by atoms with Crippen LogP contribution in [-0.4, -0.2) is 57.9 Å². The second-order valence-corrected chi connectivity index (χ2v) is 2.83. The standard InChI is InChI=1S/C4H11NO3.C3H6O3.Na/c5-4(1-6,2-7)3-8;1-2(4)3(5)6;/h6-8H,1-3,5H2;2,4H,1H3,(H,5,6);/q;;+1/p-1. The monoisotopic (exact) mass is 233 g/mol. The molecule has 0 radical (unpaired) electrons. The van der Waals surface area contributed by atoms with Gasteiger partial charge in [0.15, 0.2) is 0 Å². The van der Waals surface area contributed by atoms with Crippen molar-refractivity contribution in [2.45, 2.75) is 18.6 Å². The zero-order chi connectivity index (χ0) is 11.8. The maximum atomic E-state index is 9.34. The summed E-state index contributed by atoms with van der Waals surface area (Å²) in [6, 6.07) is 0. The summed E-state index contributed by atoms with van der Waals surface area (Å²) in [5.74, 6) is -1.44. The molecule has 0 aromatic rings. The normalized spacial score (nSPS) is 11.9. The summed E-state index contributed by atoms with van der Waals surface area (Å²) in [7, 11) is 0. The number of aliphatic hydroxyl groups is 4. The Balaban J connectivity index is -0.000000187. The molecule has 0 rings (SSSR count). The fourth-order valence-corrected chi connectivity index (χ4v) is 0.150. The number of aliphatic carboxylic acids is 1. The van der Waals surface area contributed by atoms with E-state index in [9.17, 15) is 9.90 Å². The molecule has 0 amide bonds. The van der Waals surface area contributed by atoms with Crippen LogP contribution in [0.1, 0.15) is 6.92 Å². The van der Waals surface area contributed by atoms with Crippen molar-refractivity contribution in [1.82, 2.24) is 0 Å². The molecule has 0 aromatic carbocycles. The first kappa shape index (κ1) is 20.7. The van der Waals surface area contributed by atoms with Gasteiger partial charge in [-0.3, -0.25) is 0 Å². The SMILES string of the molecule is CC(O)C(=O)[O-].NC(CO)(CO)CO.[Na+]. The minimum absolute atomic E-state index is 0. The van der Waals surface area contributed by atoms with Crippen LogP contribution in [0, 0.1) is 0 Å². The van der Waals surface area contributed by atoms with Crippen molar-refractivity contribution < 1.29 is 59.9 Å². The van der Waals surface area contributed by atoms with Crippen LogP contribution in [-0.2, 0) is 4.79 Å². The summed E-state index contributed by atoms with van der Waals surface area (Å²) in [6.45, 7) is -0.0741. The van der Waals surface area contributed by atoms with Gasteiger partial charge in [-0.15, -0.1) is 0 Å². The predicted octanol–water partition coefficient (Wildman–Crippen LogP) is -7.22. The van der Waals surface area contributed by atoms with Crippen LogP contribution in [0.5, 0.6) is 0 Å². The number of aliphatic hydroxyl groups excluding tert-OH is 4. The van der Waals surface area contributed by atoms with E-state index < -0.39 is 37.4 Å². The van der Waals surface area contributed by atoms with Crippen molar-refractivity contribution >= 4 is 5.97 Å². The van der Waals surface area contributed by atoms with Crippen LogP contribution >= 0.6 is 0 Å². The van der Waals surface area contributed by atoms with E-state index in [2.05, 4.69) is 0 Å². The van der Waals surface area contributed by atoms with Gasteiger partial charge in [-0.25, -0.2) is 0 Å². The van der Waals surface area contributed by atoms with Crippen LogP contribution in [0.2, 0.25) is 0 Å². The van der Waals surface area contributed by atoms with Gasteiger partial charge in [-0.1, -0.05) is 0 Å². The zero-order valence-electron chi connectivity index (χ0n) is 8.88. The quantitative estimate of drug-likeness (QED) is 0.303. The number of nitrogens with two attached hydrogens (primary N) is 1. The number of carboxylic acid groups (broad SMARTS) is 1. The average molecular weight is 233 g/mol. The van der Waals surface area contributed by atoms with E-state index in [4.69, 9.17) is 26.2 Å². The Hall–Kier alpha value is 0.270. The Kier molecular flexibility index (Phi) is 14.8. The fraction of sp³-hybridized carbons (Fsp3) is 0.857. The van der Waals surface area contributed by atoms with Crippen LogP contribution in [0.15, 0.2) is 0 Å². The minimum Gasteiger partial charge on any atom is -0.547 e. The number of carbonyl (C=O) groups excluding carboxylic acids is 1. The topological polar surface area (TPSA) is 147 Å². The molecule has 0 aromatic heterocycles. The maximum absolute atomic E-state index is 9.34. The Morgan fingerprint density at radius 3 is 1.53 bits per heavy atom. The molecule has 1 unspecified atom stereocenters.